The molecule has 26 heavy (non-hydrogen) atoms. The molecule has 8 nitrogen and oxygen atoms in total. The van der Waals surface area contributed by atoms with Crippen molar-refractivity contribution in [1.82, 2.24) is 14.5 Å². The maximum atomic E-state index is 11.7. The van der Waals surface area contributed by atoms with Crippen LogP contribution in [0.4, 0.5) is 0 Å². The fourth-order valence-corrected chi connectivity index (χ4v) is 4.12. The smallest absolute Gasteiger partial charge is 0.246 e. The predicted molar refractivity (Wildman–Crippen MR) is 92.5 cm³/mol. The molecule has 1 saturated heterocycles. The first-order valence-electron chi connectivity index (χ1n) is 8.49. The molecule has 2 heterocycles. The average molecular weight is 379 g/mol. The lowest BCUT2D eigenvalue weighted by Gasteiger charge is -2.29. The normalized spacial score (nSPS) is 26.6. The summed E-state index contributed by atoms with van der Waals surface area (Å²) >= 11 is 0. The van der Waals surface area contributed by atoms with Gasteiger partial charge in [0.05, 0.1) is 20.0 Å². The summed E-state index contributed by atoms with van der Waals surface area (Å²) in [4.78, 5) is 0. The van der Waals surface area contributed by atoms with Crippen LogP contribution in [-0.4, -0.2) is 56.0 Å². The second-order valence-corrected chi connectivity index (χ2v) is 8.67. The van der Waals surface area contributed by atoms with E-state index < -0.39 is 16.1 Å². The number of hydrogen-bond acceptors (Lipinski definition) is 7. The van der Waals surface area contributed by atoms with E-state index >= 15 is 0 Å². The Morgan fingerprint density at radius 1 is 1.23 bits per heavy atom. The zero-order valence-corrected chi connectivity index (χ0v) is 15.5. The third kappa shape index (κ3) is 3.46. The molecule has 0 unspecified atom stereocenters. The molecule has 4 rings (SSSR count). The van der Waals surface area contributed by atoms with Crippen molar-refractivity contribution < 1.29 is 22.3 Å². The van der Waals surface area contributed by atoms with Crippen LogP contribution in [0.15, 0.2) is 28.7 Å². The Balaban J connectivity index is 1.46. The Kier molecular flexibility index (Phi) is 4.45. The predicted octanol–water partition coefficient (Wildman–Crippen LogP) is 1.68. The average Bonchev–Trinajstić information content (AvgIpc) is 3.29. The largest absolute Gasteiger partial charge is 0.497 e. The molecule has 2 aromatic rings. The number of benzene rings is 1. The number of hydrogen-bond donors (Lipinski definition) is 0. The van der Waals surface area contributed by atoms with Crippen molar-refractivity contribution in [2.75, 3.05) is 33.1 Å². The van der Waals surface area contributed by atoms with Crippen molar-refractivity contribution in [2.45, 2.75) is 24.4 Å². The van der Waals surface area contributed by atoms with Crippen LogP contribution in [0.3, 0.4) is 0 Å². The SMILES string of the molecule is COc1cccc([C@@H]2C[C@@H]2c2nnc([C@H]3CN(S(C)(=O)=O)CCO3)o2)c1. The quantitative estimate of drug-likeness (QED) is 0.780. The van der Waals surface area contributed by atoms with E-state index in [1.165, 1.54) is 16.1 Å². The monoisotopic (exact) mass is 379 g/mol. The summed E-state index contributed by atoms with van der Waals surface area (Å²) in [5.41, 5.74) is 1.19. The van der Waals surface area contributed by atoms with Gasteiger partial charge < -0.3 is 13.9 Å². The highest BCUT2D eigenvalue weighted by molar-refractivity contribution is 7.88. The van der Waals surface area contributed by atoms with Gasteiger partial charge in [-0.1, -0.05) is 12.1 Å². The second kappa shape index (κ2) is 6.64. The molecular weight excluding hydrogens is 358 g/mol. The van der Waals surface area contributed by atoms with Crippen LogP contribution >= 0.6 is 0 Å². The Labute approximate surface area is 152 Å². The Morgan fingerprint density at radius 2 is 2.04 bits per heavy atom. The Bertz CT molecular complexity index is 897. The third-order valence-electron chi connectivity index (χ3n) is 4.86. The number of aromatic nitrogens is 2. The number of sulfonamides is 1. The lowest BCUT2D eigenvalue weighted by Crippen LogP contribution is -2.41. The topological polar surface area (TPSA) is 94.8 Å². The lowest BCUT2D eigenvalue weighted by molar-refractivity contribution is -0.0176. The summed E-state index contributed by atoms with van der Waals surface area (Å²) in [6.07, 6.45) is 1.61. The summed E-state index contributed by atoms with van der Waals surface area (Å²) in [7, 11) is -1.61. The molecule has 0 bridgehead atoms. The van der Waals surface area contributed by atoms with Crippen molar-refractivity contribution >= 4 is 10.0 Å². The van der Waals surface area contributed by atoms with Gasteiger partial charge in [0.25, 0.3) is 0 Å². The summed E-state index contributed by atoms with van der Waals surface area (Å²) in [6, 6.07) is 7.98. The summed E-state index contributed by atoms with van der Waals surface area (Å²) < 4.78 is 41.6. The van der Waals surface area contributed by atoms with Gasteiger partial charge in [-0.25, -0.2) is 8.42 Å². The molecule has 0 amide bonds. The van der Waals surface area contributed by atoms with Crippen molar-refractivity contribution in [3.05, 3.63) is 41.6 Å². The van der Waals surface area contributed by atoms with Gasteiger partial charge in [-0.2, -0.15) is 4.31 Å². The highest BCUT2D eigenvalue weighted by Gasteiger charge is 2.44. The minimum Gasteiger partial charge on any atom is -0.497 e. The van der Waals surface area contributed by atoms with Crippen molar-refractivity contribution in [1.29, 1.82) is 0 Å². The van der Waals surface area contributed by atoms with Crippen LogP contribution in [0.5, 0.6) is 5.75 Å². The molecule has 2 fully saturated rings. The van der Waals surface area contributed by atoms with Crippen LogP contribution < -0.4 is 4.74 Å². The summed E-state index contributed by atoms with van der Waals surface area (Å²) in [6.45, 7) is 0.854. The van der Waals surface area contributed by atoms with E-state index in [9.17, 15) is 8.42 Å². The van der Waals surface area contributed by atoms with Crippen LogP contribution in [0.1, 0.15) is 41.7 Å². The van der Waals surface area contributed by atoms with Gasteiger partial charge in [0.2, 0.25) is 21.8 Å². The fourth-order valence-electron chi connectivity index (χ4n) is 3.31. The minimum atomic E-state index is -3.26. The number of morpholine rings is 1. The Hall–Kier alpha value is -1.97. The maximum Gasteiger partial charge on any atom is 0.246 e. The third-order valence-corrected chi connectivity index (χ3v) is 6.13. The van der Waals surface area contributed by atoms with E-state index in [2.05, 4.69) is 16.3 Å². The van der Waals surface area contributed by atoms with Crippen LogP contribution in [0.25, 0.3) is 0 Å². The number of ether oxygens (including phenoxy) is 2. The van der Waals surface area contributed by atoms with Crippen LogP contribution in [-0.2, 0) is 14.8 Å². The highest BCUT2D eigenvalue weighted by Crippen LogP contribution is 2.54. The van der Waals surface area contributed by atoms with E-state index in [0.717, 1.165) is 12.2 Å². The van der Waals surface area contributed by atoms with E-state index in [1.807, 2.05) is 18.2 Å². The van der Waals surface area contributed by atoms with Crippen molar-refractivity contribution in [3.63, 3.8) is 0 Å². The molecule has 3 atom stereocenters. The molecule has 1 aromatic carbocycles. The first-order valence-corrected chi connectivity index (χ1v) is 10.3. The first kappa shape index (κ1) is 17.4. The molecule has 2 aliphatic rings. The van der Waals surface area contributed by atoms with E-state index in [0.29, 0.717) is 30.9 Å². The molecule has 1 aliphatic carbocycles. The second-order valence-electron chi connectivity index (χ2n) is 6.68. The molecule has 0 spiro atoms. The molecule has 9 heteroatoms. The van der Waals surface area contributed by atoms with Crippen molar-refractivity contribution in [3.8, 4) is 5.75 Å². The van der Waals surface area contributed by atoms with Crippen LogP contribution in [0, 0.1) is 0 Å². The van der Waals surface area contributed by atoms with E-state index in [1.54, 1.807) is 7.11 Å². The van der Waals surface area contributed by atoms with Gasteiger partial charge in [-0.15, -0.1) is 10.2 Å². The summed E-state index contributed by atoms with van der Waals surface area (Å²) in [5, 5.41) is 8.25. The molecule has 1 aromatic heterocycles. The standard InChI is InChI=1S/C17H21N3O5S/c1-23-12-5-3-4-11(8-12)13-9-14(13)16-18-19-17(25-16)15-10-20(6-7-24-15)26(2,21)22/h3-5,8,13-15H,6-7,9-10H2,1-2H3/t13-,14-,15+/m0/s1. The zero-order chi connectivity index (χ0) is 18.3. The number of nitrogens with zero attached hydrogens (tertiary/aromatic N) is 3. The van der Waals surface area contributed by atoms with Gasteiger partial charge in [0.1, 0.15) is 11.9 Å². The number of methoxy groups -OCH3 is 1. The van der Waals surface area contributed by atoms with Gasteiger partial charge in [0.15, 0.2) is 0 Å². The molecule has 1 aliphatic heterocycles. The lowest BCUT2D eigenvalue weighted by atomic mass is 10.1. The highest BCUT2D eigenvalue weighted by atomic mass is 32.2. The van der Waals surface area contributed by atoms with E-state index in [-0.39, 0.29) is 12.5 Å². The number of rotatable bonds is 5. The van der Waals surface area contributed by atoms with Gasteiger partial charge in [-0.3, -0.25) is 0 Å². The summed E-state index contributed by atoms with van der Waals surface area (Å²) in [5.74, 6) is 2.25. The molecule has 0 radical (unpaired) electrons. The fraction of sp³-hybridized carbons (Fsp3) is 0.529. The first-order chi connectivity index (χ1) is 12.5. The molecular formula is C17H21N3O5S. The Morgan fingerprint density at radius 3 is 2.81 bits per heavy atom. The zero-order valence-electron chi connectivity index (χ0n) is 14.7. The van der Waals surface area contributed by atoms with E-state index in [4.69, 9.17) is 13.9 Å². The minimum absolute atomic E-state index is 0.179. The maximum absolute atomic E-state index is 11.7. The van der Waals surface area contributed by atoms with Crippen LogP contribution in [0.2, 0.25) is 0 Å². The molecule has 1 saturated carbocycles. The van der Waals surface area contributed by atoms with Gasteiger partial charge in [0, 0.05) is 19.0 Å². The molecule has 140 valence electrons. The van der Waals surface area contributed by atoms with Crippen molar-refractivity contribution in [2.24, 2.45) is 0 Å². The van der Waals surface area contributed by atoms with Gasteiger partial charge >= 0.3 is 0 Å². The molecule has 0 N–H and O–H groups in total. The van der Waals surface area contributed by atoms with Gasteiger partial charge in [-0.05, 0) is 30.0 Å².